The molecule has 9 heteroatoms. The van der Waals surface area contributed by atoms with Crippen LogP contribution in [-0.4, -0.2) is 59.4 Å². The van der Waals surface area contributed by atoms with Gasteiger partial charge in [-0.05, 0) is 79.0 Å². The van der Waals surface area contributed by atoms with Crippen LogP contribution in [0.25, 0.3) is 10.2 Å². The Morgan fingerprint density at radius 2 is 1.97 bits per heavy atom. The summed E-state index contributed by atoms with van der Waals surface area (Å²) in [7, 11) is 4.08. The first-order valence-electron chi connectivity index (χ1n) is 10.4. The Bertz CT molecular complexity index is 1010. The summed E-state index contributed by atoms with van der Waals surface area (Å²) in [5.74, 6) is 0.756. The van der Waals surface area contributed by atoms with Gasteiger partial charge in [-0.2, -0.15) is 5.10 Å². The molecule has 0 aliphatic carbocycles. The zero-order valence-electron chi connectivity index (χ0n) is 19.1. The molecule has 31 heavy (non-hydrogen) atoms. The maximum absolute atomic E-state index is 13.6. The van der Waals surface area contributed by atoms with Crippen molar-refractivity contribution in [2.75, 3.05) is 38.7 Å². The summed E-state index contributed by atoms with van der Waals surface area (Å²) in [6.07, 6.45) is 0.855. The van der Waals surface area contributed by atoms with Crippen LogP contribution in [0.2, 0.25) is 0 Å². The van der Waals surface area contributed by atoms with Gasteiger partial charge >= 0.3 is 0 Å². The zero-order valence-corrected chi connectivity index (χ0v) is 20.7. The molecule has 0 atom stereocenters. The fourth-order valence-corrected chi connectivity index (χ4v) is 4.32. The third kappa shape index (κ3) is 5.96. The second kappa shape index (κ2) is 10.9. The third-order valence-electron chi connectivity index (χ3n) is 4.69. The first-order chi connectivity index (χ1) is 14.3. The number of amides is 1. The Balaban J connectivity index is 0.00000341. The van der Waals surface area contributed by atoms with E-state index in [0.29, 0.717) is 24.0 Å². The number of halogens is 1. The molecule has 3 rings (SSSR count). The molecule has 7 nitrogen and oxygen atoms in total. The highest BCUT2D eigenvalue weighted by Gasteiger charge is 2.25. The van der Waals surface area contributed by atoms with Gasteiger partial charge in [0.05, 0.1) is 22.5 Å². The number of benzene rings is 1. The standard InChI is InChI=1S/C22H31N5O2S.ClH/c1-7-29-17-9-10-18-20(14-17)30-22(23-18)26(12-8-11-25(5)6)21(28)19-13-16(4)24-27(19)15(2)3;/h9-10,13-15H,7-8,11-12H2,1-6H3;1H. The lowest BCUT2D eigenvalue weighted by Crippen LogP contribution is -2.35. The van der Waals surface area contributed by atoms with Crippen molar-refractivity contribution < 1.29 is 9.53 Å². The summed E-state index contributed by atoms with van der Waals surface area (Å²) >= 11 is 1.52. The molecule has 2 aromatic heterocycles. The molecule has 0 aliphatic heterocycles. The van der Waals surface area contributed by atoms with Gasteiger partial charge in [0.25, 0.3) is 5.91 Å². The van der Waals surface area contributed by atoms with Crippen molar-refractivity contribution in [1.29, 1.82) is 0 Å². The van der Waals surface area contributed by atoms with E-state index in [1.807, 2.05) is 66.1 Å². The van der Waals surface area contributed by atoms with Crippen LogP contribution in [0.3, 0.4) is 0 Å². The molecule has 0 unspecified atom stereocenters. The summed E-state index contributed by atoms with van der Waals surface area (Å²) in [4.78, 5) is 22.3. The average molecular weight is 466 g/mol. The summed E-state index contributed by atoms with van der Waals surface area (Å²) in [6, 6.07) is 7.83. The van der Waals surface area contributed by atoms with Crippen LogP contribution in [0.4, 0.5) is 5.13 Å². The largest absolute Gasteiger partial charge is 0.494 e. The Kier molecular flexibility index (Phi) is 8.85. The number of nitrogens with zero attached hydrogens (tertiary/aromatic N) is 5. The van der Waals surface area contributed by atoms with Crippen molar-refractivity contribution in [3.05, 3.63) is 35.7 Å². The van der Waals surface area contributed by atoms with E-state index >= 15 is 0 Å². The van der Waals surface area contributed by atoms with E-state index in [1.165, 1.54) is 11.3 Å². The third-order valence-corrected chi connectivity index (χ3v) is 5.73. The average Bonchev–Trinajstić information content (AvgIpc) is 3.28. The SMILES string of the molecule is CCOc1ccc2nc(N(CCCN(C)C)C(=O)c3cc(C)nn3C(C)C)sc2c1.Cl. The molecule has 0 saturated carbocycles. The normalized spacial score (nSPS) is 11.2. The second-order valence-electron chi connectivity index (χ2n) is 7.88. The summed E-state index contributed by atoms with van der Waals surface area (Å²) in [5, 5.41) is 5.22. The van der Waals surface area contributed by atoms with Crippen LogP contribution < -0.4 is 9.64 Å². The molecule has 0 saturated heterocycles. The van der Waals surface area contributed by atoms with Gasteiger partial charge in [0.2, 0.25) is 0 Å². The molecule has 2 heterocycles. The molecule has 0 bridgehead atoms. The maximum Gasteiger partial charge on any atom is 0.278 e. The lowest BCUT2D eigenvalue weighted by atomic mass is 10.3. The highest BCUT2D eigenvalue weighted by atomic mass is 35.5. The Morgan fingerprint density at radius 1 is 1.23 bits per heavy atom. The van der Waals surface area contributed by atoms with E-state index in [1.54, 1.807) is 9.58 Å². The monoisotopic (exact) mass is 465 g/mol. The minimum atomic E-state index is -0.0628. The van der Waals surface area contributed by atoms with Crippen LogP contribution in [0.15, 0.2) is 24.3 Å². The van der Waals surface area contributed by atoms with E-state index in [0.717, 1.165) is 34.6 Å². The number of hydrogen-bond acceptors (Lipinski definition) is 6. The number of carbonyl (C=O) groups excluding carboxylic acids is 1. The van der Waals surface area contributed by atoms with Crippen molar-refractivity contribution in [3.8, 4) is 5.75 Å². The van der Waals surface area contributed by atoms with Crippen molar-refractivity contribution >= 4 is 45.0 Å². The molecule has 0 aliphatic rings. The number of aryl methyl sites for hydroxylation is 1. The molecule has 1 amide bonds. The van der Waals surface area contributed by atoms with E-state index in [-0.39, 0.29) is 24.4 Å². The zero-order chi connectivity index (χ0) is 21.8. The van der Waals surface area contributed by atoms with Crippen molar-refractivity contribution in [2.24, 2.45) is 0 Å². The predicted molar refractivity (Wildman–Crippen MR) is 130 cm³/mol. The van der Waals surface area contributed by atoms with Gasteiger partial charge in [-0.15, -0.1) is 12.4 Å². The van der Waals surface area contributed by atoms with Crippen LogP contribution in [-0.2, 0) is 0 Å². The molecular formula is C22H32ClN5O2S. The number of anilines is 1. The molecule has 0 N–H and O–H groups in total. The van der Waals surface area contributed by atoms with Gasteiger partial charge in [0.1, 0.15) is 11.4 Å². The van der Waals surface area contributed by atoms with Crippen LogP contribution in [0.1, 0.15) is 49.4 Å². The lowest BCUT2D eigenvalue weighted by molar-refractivity contribution is 0.0974. The Morgan fingerprint density at radius 3 is 2.61 bits per heavy atom. The minimum Gasteiger partial charge on any atom is -0.494 e. The molecule has 0 fully saturated rings. The van der Waals surface area contributed by atoms with Crippen molar-refractivity contribution in [3.63, 3.8) is 0 Å². The quantitative estimate of drug-likeness (QED) is 0.454. The minimum absolute atomic E-state index is 0. The number of hydrogen-bond donors (Lipinski definition) is 0. The molecule has 1 aromatic carbocycles. The summed E-state index contributed by atoms with van der Waals surface area (Å²) in [5.41, 5.74) is 2.31. The number of rotatable bonds is 9. The number of carbonyl (C=O) groups is 1. The highest BCUT2D eigenvalue weighted by Crippen LogP contribution is 2.32. The Labute approximate surface area is 194 Å². The van der Waals surface area contributed by atoms with Crippen molar-refractivity contribution in [1.82, 2.24) is 19.7 Å². The fraction of sp³-hybridized carbons (Fsp3) is 0.500. The van der Waals surface area contributed by atoms with Crippen molar-refractivity contribution in [2.45, 2.75) is 40.2 Å². The van der Waals surface area contributed by atoms with Crippen LogP contribution in [0, 0.1) is 6.92 Å². The van der Waals surface area contributed by atoms with E-state index in [9.17, 15) is 4.79 Å². The first-order valence-corrected chi connectivity index (χ1v) is 11.2. The molecule has 0 radical (unpaired) electrons. The first kappa shape index (κ1) is 25.1. The lowest BCUT2D eigenvalue weighted by Gasteiger charge is -2.22. The van der Waals surface area contributed by atoms with Gasteiger partial charge < -0.3 is 9.64 Å². The summed E-state index contributed by atoms with van der Waals surface area (Å²) < 4.78 is 8.43. The van der Waals surface area contributed by atoms with Gasteiger partial charge in [0.15, 0.2) is 5.13 Å². The maximum atomic E-state index is 13.6. The molecular weight excluding hydrogens is 434 g/mol. The smallest absolute Gasteiger partial charge is 0.278 e. The number of thiazole rings is 1. The number of aromatic nitrogens is 3. The highest BCUT2D eigenvalue weighted by molar-refractivity contribution is 7.22. The molecule has 0 spiro atoms. The van der Waals surface area contributed by atoms with Gasteiger partial charge in [-0.3, -0.25) is 14.4 Å². The van der Waals surface area contributed by atoms with E-state index in [2.05, 4.69) is 10.00 Å². The summed E-state index contributed by atoms with van der Waals surface area (Å²) in [6.45, 7) is 10.1. The Hall–Kier alpha value is -2.16. The second-order valence-corrected chi connectivity index (χ2v) is 8.89. The van der Waals surface area contributed by atoms with E-state index < -0.39 is 0 Å². The van der Waals surface area contributed by atoms with Gasteiger partial charge in [0, 0.05) is 12.6 Å². The van der Waals surface area contributed by atoms with Crippen LogP contribution in [0.5, 0.6) is 5.75 Å². The van der Waals surface area contributed by atoms with Gasteiger partial charge in [-0.25, -0.2) is 4.98 Å². The van der Waals surface area contributed by atoms with Crippen LogP contribution >= 0.6 is 23.7 Å². The fourth-order valence-electron chi connectivity index (χ4n) is 3.30. The number of ether oxygens (including phenoxy) is 1. The molecule has 170 valence electrons. The predicted octanol–water partition coefficient (Wildman–Crippen LogP) is 4.80. The van der Waals surface area contributed by atoms with Gasteiger partial charge in [-0.1, -0.05) is 11.3 Å². The number of fused-ring (bicyclic) bond motifs is 1. The van der Waals surface area contributed by atoms with E-state index in [4.69, 9.17) is 9.72 Å². The molecule has 3 aromatic rings. The topological polar surface area (TPSA) is 63.5 Å².